The zero-order valence-corrected chi connectivity index (χ0v) is 13.3. The second-order valence-electron chi connectivity index (χ2n) is 5.40. The molecule has 0 radical (unpaired) electrons. The van der Waals surface area contributed by atoms with Crippen LogP contribution in [0.1, 0.15) is 26.3 Å². The molecule has 21 heavy (non-hydrogen) atoms. The van der Waals surface area contributed by atoms with E-state index in [1.807, 2.05) is 13.1 Å². The number of morpholine rings is 1. The summed E-state index contributed by atoms with van der Waals surface area (Å²) < 4.78 is 13.0. The lowest BCUT2D eigenvalue weighted by Crippen LogP contribution is -2.39. The van der Waals surface area contributed by atoms with Crippen LogP contribution in [0.3, 0.4) is 0 Å². The number of ether oxygens (including phenoxy) is 2. The van der Waals surface area contributed by atoms with Gasteiger partial charge in [0.15, 0.2) is 0 Å². The van der Waals surface area contributed by atoms with E-state index < -0.39 is 0 Å². The van der Waals surface area contributed by atoms with Crippen molar-refractivity contribution in [2.24, 2.45) is 0 Å². The van der Waals surface area contributed by atoms with Gasteiger partial charge in [-0.15, -0.1) is 0 Å². The average molecular weight is 296 g/mol. The van der Waals surface area contributed by atoms with Gasteiger partial charge in [-0.2, -0.15) is 0 Å². The molecular weight excluding hydrogens is 268 g/mol. The standard InChI is InChI=1S/C15H28N4O2/c1-3-20-10-4-5-16-15-17-6-7-19(15)14(2)13-18-8-11-21-12-9-18/h6-7,14H,3-5,8-13H2,1-2H3,(H,16,17). The van der Waals surface area contributed by atoms with Crippen LogP contribution in [0.2, 0.25) is 0 Å². The highest BCUT2D eigenvalue weighted by molar-refractivity contribution is 5.26. The van der Waals surface area contributed by atoms with Crippen molar-refractivity contribution in [1.29, 1.82) is 0 Å². The fourth-order valence-corrected chi connectivity index (χ4v) is 2.57. The second kappa shape index (κ2) is 9.02. The van der Waals surface area contributed by atoms with Gasteiger partial charge in [0, 0.05) is 57.8 Å². The van der Waals surface area contributed by atoms with E-state index in [0.29, 0.717) is 6.04 Å². The van der Waals surface area contributed by atoms with E-state index in [1.54, 1.807) is 0 Å². The van der Waals surface area contributed by atoms with Crippen LogP contribution in [0.4, 0.5) is 5.95 Å². The Morgan fingerprint density at radius 3 is 3.00 bits per heavy atom. The summed E-state index contributed by atoms with van der Waals surface area (Å²) in [6.07, 6.45) is 4.91. The van der Waals surface area contributed by atoms with Crippen molar-refractivity contribution < 1.29 is 9.47 Å². The van der Waals surface area contributed by atoms with Gasteiger partial charge < -0.3 is 19.4 Å². The van der Waals surface area contributed by atoms with Gasteiger partial charge in [0.2, 0.25) is 5.95 Å². The number of hydrogen-bond acceptors (Lipinski definition) is 5. The molecule has 1 aliphatic rings. The average Bonchev–Trinajstić information content (AvgIpc) is 2.96. The number of aromatic nitrogens is 2. The van der Waals surface area contributed by atoms with Crippen molar-refractivity contribution in [3.63, 3.8) is 0 Å². The predicted octanol–water partition coefficient (Wildman–Crippen LogP) is 1.61. The molecule has 2 heterocycles. The topological polar surface area (TPSA) is 51.5 Å². The molecule has 0 aromatic carbocycles. The highest BCUT2D eigenvalue weighted by Crippen LogP contribution is 2.15. The Balaban J connectivity index is 1.77. The van der Waals surface area contributed by atoms with Gasteiger partial charge >= 0.3 is 0 Å². The van der Waals surface area contributed by atoms with E-state index in [2.05, 4.69) is 32.9 Å². The van der Waals surface area contributed by atoms with Crippen LogP contribution >= 0.6 is 0 Å². The van der Waals surface area contributed by atoms with Crippen LogP contribution in [0, 0.1) is 0 Å². The Hall–Kier alpha value is -1.11. The van der Waals surface area contributed by atoms with Crippen LogP contribution in [0.25, 0.3) is 0 Å². The van der Waals surface area contributed by atoms with Crippen LogP contribution in [0.5, 0.6) is 0 Å². The molecular formula is C15H28N4O2. The Morgan fingerprint density at radius 1 is 1.43 bits per heavy atom. The van der Waals surface area contributed by atoms with E-state index in [4.69, 9.17) is 9.47 Å². The summed E-state index contributed by atoms with van der Waals surface area (Å²) in [7, 11) is 0. The van der Waals surface area contributed by atoms with Crippen molar-refractivity contribution in [3.05, 3.63) is 12.4 Å². The summed E-state index contributed by atoms with van der Waals surface area (Å²) in [6.45, 7) is 11.5. The lowest BCUT2D eigenvalue weighted by atomic mass is 10.3. The van der Waals surface area contributed by atoms with E-state index in [9.17, 15) is 0 Å². The molecule has 1 aromatic heterocycles. The molecule has 1 aromatic rings. The highest BCUT2D eigenvalue weighted by Gasteiger charge is 2.16. The van der Waals surface area contributed by atoms with Crippen LogP contribution in [0.15, 0.2) is 12.4 Å². The van der Waals surface area contributed by atoms with Crippen molar-refractivity contribution in [3.8, 4) is 0 Å². The third kappa shape index (κ3) is 5.30. The Kier molecular flexibility index (Phi) is 6.99. The molecule has 0 aliphatic carbocycles. The quantitative estimate of drug-likeness (QED) is 0.702. The van der Waals surface area contributed by atoms with Gasteiger partial charge in [0.25, 0.3) is 0 Å². The Morgan fingerprint density at radius 2 is 2.24 bits per heavy atom. The van der Waals surface area contributed by atoms with Crippen LogP contribution in [-0.4, -0.2) is 67.1 Å². The van der Waals surface area contributed by atoms with Crippen molar-refractivity contribution in [2.45, 2.75) is 26.3 Å². The second-order valence-corrected chi connectivity index (χ2v) is 5.40. The van der Waals surface area contributed by atoms with E-state index >= 15 is 0 Å². The normalized spacial score (nSPS) is 17.8. The molecule has 0 spiro atoms. The first-order chi connectivity index (χ1) is 10.3. The summed E-state index contributed by atoms with van der Waals surface area (Å²) in [6, 6.07) is 0.403. The molecule has 1 N–H and O–H groups in total. The van der Waals surface area contributed by atoms with Gasteiger partial charge in [-0.05, 0) is 20.3 Å². The van der Waals surface area contributed by atoms with Crippen molar-refractivity contribution >= 4 is 5.95 Å². The lowest BCUT2D eigenvalue weighted by Gasteiger charge is -2.30. The number of rotatable bonds is 9. The van der Waals surface area contributed by atoms with Crippen molar-refractivity contribution in [2.75, 3.05) is 57.9 Å². The maximum Gasteiger partial charge on any atom is 0.203 e. The molecule has 0 amide bonds. The maximum absolute atomic E-state index is 5.40. The minimum absolute atomic E-state index is 0.403. The first-order valence-corrected chi connectivity index (χ1v) is 7.95. The summed E-state index contributed by atoms with van der Waals surface area (Å²) in [5.74, 6) is 0.951. The van der Waals surface area contributed by atoms with E-state index in [-0.39, 0.29) is 0 Å². The van der Waals surface area contributed by atoms with Crippen LogP contribution < -0.4 is 5.32 Å². The minimum Gasteiger partial charge on any atom is -0.382 e. The Labute approximate surface area is 127 Å². The SMILES string of the molecule is CCOCCCNc1nccn1C(C)CN1CCOCC1. The molecule has 1 atom stereocenters. The third-order valence-electron chi connectivity index (χ3n) is 3.72. The zero-order valence-electron chi connectivity index (χ0n) is 13.3. The summed E-state index contributed by atoms with van der Waals surface area (Å²) >= 11 is 0. The first kappa shape index (κ1) is 16.3. The summed E-state index contributed by atoms with van der Waals surface area (Å²) in [5, 5.41) is 3.40. The van der Waals surface area contributed by atoms with E-state index in [0.717, 1.165) is 65.0 Å². The van der Waals surface area contributed by atoms with Crippen LogP contribution in [-0.2, 0) is 9.47 Å². The first-order valence-electron chi connectivity index (χ1n) is 7.95. The van der Waals surface area contributed by atoms with E-state index in [1.165, 1.54) is 0 Å². The minimum atomic E-state index is 0.403. The molecule has 120 valence electrons. The molecule has 0 saturated carbocycles. The zero-order chi connectivity index (χ0) is 14.9. The fourth-order valence-electron chi connectivity index (χ4n) is 2.57. The van der Waals surface area contributed by atoms with Gasteiger partial charge in [0.05, 0.1) is 13.2 Å². The molecule has 6 nitrogen and oxygen atoms in total. The Bertz CT molecular complexity index is 391. The number of anilines is 1. The molecule has 6 heteroatoms. The molecule has 0 bridgehead atoms. The molecule has 1 fully saturated rings. The molecule has 1 unspecified atom stereocenters. The monoisotopic (exact) mass is 296 g/mol. The smallest absolute Gasteiger partial charge is 0.203 e. The highest BCUT2D eigenvalue weighted by atomic mass is 16.5. The maximum atomic E-state index is 5.40. The molecule has 1 aliphatic heterocycles. The number of nitrogens with zero attached hydrogens (tertiary/aromatic N) is 3. The van der Waals surface area contributed by atoms with Crippen molar-refractivity contribution in [1.82, 2.24) is 14.5 Å². The number of nitrogens with one attached hydrogen (secondary N) is 1. The van der Waals surface area contributed by atoms with Gasteiger partial charge in [-0.1, -0.05) is 0 Å². The third-order valence-corrected chi connectivity index (χ3v) is 3.72. The number of imidazole rings is 1. The lowest BCUT2D eigenvalue weighted by molar-refractivity contribution is 0.0327. The predicted molar refractivity (Wildman–Crippen MR) is 83.8 cm³/mol. The van der Waals surface area contributed by atoms with Gasteiger partial charge in [-0.25, -0.2) is 4.98 Å². The molecule has 1 saturated heterocycles. The van der Waals surface area contributed by atoms with Gasteiger partial charge in [0.1, 0.15) is 0 Å². The summed E-state index contributed by atoms with van der Waals surface area (Å²) in [4.78, 5) is 6.87. The number of hydrogen-bond donors (Lipinski definition) is 1. The molecule has 2 rings (SSSR count). The van der Waals surface area contributed by atoms with Gasteiger partial charge in [-0.3, -0.25) is 4.90 Å². The fraction of sp³-hybridized carbons (Fsp3) is 0.800. The summed E-state index contributed by atoms with van der Waals surface area (Å²) in [5.41, 5.74) is 0. The largest absolute Gasteiger partial charge is 0.382 e.